The molecule has 0 bridgehead atoms. The van der Waals surface area contributed by atoms with Gasteiger partial charge in [0.1, 0.15) is 0 Å². The number of benzene rings is 1. The van der Waals surface area contributed by atoms with Gasteiger partial charge in [-0.15, -0.1) is 0 Å². The molecule has 1 amide bonds. The number of carboxylic acids is 1. The number of nitrogens with one attached hydrogen (secondary N) is 1. The van der Waals surface area contributed by atoms with Gasteiger partial charge in [-0.3, -0.25) is 9.59 Å². The minimum absolute atomic E-state index is 0.133. The highest BCUT2D eigenvalue weighted by Crippen LogP contribution is 2.48. The summed E-state index contributed by atoms with van der Waals surface area (Å²) in [6.07, 6.45) is -3.02. The van der Waals surface area contributed by atoms with Gasteiger partial charge in [0.15, 0.2) is 0 Å². The van der Waals surface area contributed by atoms with Crippen LogP contribution in [-0.4, -0.2) is 23.0 Å². The molecule has 7 heteroatoms. The van der Waals surface area contributed by atoms with Crippen LogP contribution in [0.15, 0.2) is 24.3 Å². The fourth-order valence-corrected chi connectivity index (χ4v) is 3.04. The van der Waals surface area contributed by atoms with Gasteiger partial charge in [0.05, 0.1) is 11.5 Å². The summed E-state index contributed by atoms with van der Waals surface area (Å²) in [5, 5.41) is 11.6. The Morgan fingerprint density at radius 2 is 1.87 bits per heavy atom. The van der Waals surface area contributed by atoms with E-state index in [2.05, 4.69) is 5.32 Å². The number of aliphatic carboxylic acids is 1. The summed E-state index contributed by atoms with van der Waals surface area (Å²) in [5.74, 6) is -1.96. The third-order valence-corrected chi connectivity index (χ3v) is 4.60. The van der Waals surface area contributed by atoms with Crippen LogP contribution in [0, 0.1) is 11.8 Å². The zero-order valence-electron chi connectivity index (χ0n) is 12.1. The van der Waals surface area contributed by atoms with Crippen molar-refractivity contribution in [3.8, 4) is 0 Å². The van der Waals surface area contributed by atoms with Crippen molar-refractivity contribution in [2.24, 2.45) is 11.8 Å². The van der Waals surface area contributed by atoms with Crippen LogP contribution in [0.4, 0.5) is 13.2 Å². The molecular formula is C16H16F3NO3. The summed E-state index contributed by atoms with van der Waals surface area (Å²) >= 11 is 0. The molecule has 2 N–H and O–H groups in total. The Bertz CT molecular complexity index is 638. The quantitative estimate of drug-likeness (QED) is 0.894. The lowest BCUT2D eigenvalue weighted by Gasteiger charge is -2.32. The molecule has 1 aromatic carbocycles. The minimum atomic E-state index is -4.39. The number of carbonyl (C=O) groups is 2. The summed E-state index contributed by atoms with van der Waals surface area (Å²) in [5.41, 5.74) is -0.179. The molecule has 2 aliphatic rings. The molecule has 2 saturated carbocycles. The fraction of sp³-hybridized carbons (Fsp3) is 0.500. The van der Waals surface area contributed by atoms with Gasteiger partial charge in [-0.2, -0.15) is 13.2 Å². The van der Waals surface area contributed by atoms with E-state index >= 15 is 0 Å². The first-order valence-electron chi connectivity index (χ1n) is 7.46. The van der Waals surface area contributed by atoms with Gasteiger partial charge in [0.25, 0.3) is 0 Å². The molecule has 0 saturated heterocycles. The first-order chi connectivity index (χ1) is 10.8. The third-order valence-electron chi connectivity index (χ3n) is 4.60. The molecule has 2 atom stereocenters. The second kappa shape index (κ2) is 5.54. The van der Waals surface area contributed by atoms with Crippen LogP contribution < -0.4 is 5.32 Å². The molecule has 124 valence electrons. The van der Waals surface area contributed by atoms with Gasteiger partial charge < -0.3 is 10.4 Å². The Kier molecular flexibility index (Phi) is 3.82. The molecule has 0 heterocycles. The number of rotatable bonds is 4. The van der Waals surface area contributed by atoms with E-state index in [1.807, 2.05) is 0 Å². The molecular weight excluding hydrogens is 311 g/mol. The van der Waals surface area contributed by atoms with E-state index in [-0.39, 0.29) is 23.8 Å². The second-order valence-corrected chi connectivity index (χ2v) is 6.28. The smallest absolute Gasteiger partial charge is 0.416 e. The summed E-state index contributed by atoms with van der Waals surface area (Å²) < 4.78 is 38.1. The number of halogens is 3. The van der Waals surface area contributed by atoms with Crippen LogP contribution in [0.3, 0.4) is 0 Å². The maximum Gasteiger partial charge on any atom is 0.416 e. The van der Waals surface area contributed by atoms with Gasteiger partial charge in [-0.05, 0) is 36.8 Å². The zero-order valence-corrected chi connectivity index (χ0v) is 12.1. The summed E-state index contributed by atoms with van der Waals surface area (Å²) in [6, 6.07) is 4.95. The van der Waals surface area contributed by atoms with Crippen LogP contribution in [0.2, 0.25) is 0 Å². The van der Waals surface area contributed by atoms with Crippen molar-refractivity contribution < 1.29 is 27.9 Å². The monoisotopic (exact) mass is 327 g/mol. The molecule has 3 rings (SSSR count). The number of hydrogen-bond donors (Lipinski definition) is 2. The lowest BCUT2D eigenvalue weighted by atomic mass is 9.80. The molecule has 1 aromatic rings. The number of hydrogen-bond acceptors (Lipinski definition) is 2. The molecule has 0 spiro atoms. The van der Waals surface area contributed by atoms with Crippen LogP contribution in [0.1, 0.15) is 36.3 Å². The highest BCUT2D eigenvalue weighted by molar-refractivity contribution is 5.83. The van der Waals surface area contributed by atoms with Crippen LogP contribution in [0.25, 0.3) is 0 Å². The van der Waals surface area contributed by atoms with Crippen molar-refractivity contribution in [2.45, 2.75) is 37.4 Å². The van der Waals surface area contributed by atoms with Crippen molar-refractivity contribution in [3.63, 3.8) is 0 Å². The van der Waals surface area contributed by atoms with Gasteiger partial charge in [-0.1, -0.05) is 18.2 Å². The van der Waals surface area contributed by atoms with E-state index in [1.165, 1.54) is 6.07 Å². The highest BCUT2D eigenvalue weighted by atomic mass is 19.4. The fourth-order valence-electron chi connectivity index (χ4n) is 3.04. The molecule has 2 unspecified atom stereocenters. The number of alkyl halides is 3. The Labute approximate surface area is 130 Å². The van der Waals surface area contributed by atoms with Crippen LogP contribution in [0.5, 0.6) is 0 Å². The Balaban J connectivity index is 1.55. The minimum Gasteiger partial charge on any atom is -0.481 e. The second-order valence-electron chi connectivity index (χ2n) is 6.28. The normalized spacial score (nSPS) is 29.5. The average Bonchev–Trinajstić information content (AvgIpc) is 3.21. The maximum atomic E-state index is 12.7. The summed E-state index contributed by atoms with van der Waals surface area (Å²) in [4.78, 5) is 22.8. The van der Waals surface area contributed by atoms with Crippen molar-refractivity contribution in [1.82, 2.24) is 5.32 Å². The van der Waals surface area contributed by atoms with Crippen LogP contribution >= 0.6 is 0 Å². The SMILES string of the molecule is O=C(O)C1CC(NC(=O)C2CC2c2cccc(C(F)(F)F)c2)C1. The van der Waals surface area contributed by atoms with E-state index in [9.17, 15) is 22.8 Å². The molecule has 2 aliphatic carbocycles. The number of carbonyl (C=O) groups excluding carboxylic acids is 1. The van der Waals surface area contributed by atoms with E-state index in [0.29, 0.717) is 24.8 Å². The number of carboxylic acid groups (broad SMARTS) is 1. The Morgan fingerprint density at radius 1 is 1.17 bits per heavy atom. The molecule has 23 heavy (non-hydrogen) atoms. The average molecular weight is 327 g/mol. The van der Waals surface area contributed by atoms with E-state index in [1.54, 1.807) is 6.07 Å². The standard InChI is InChI=1S/C16H16F3NO3/c17-16(18,19)10-3-1-2-8(4-10)12-7-13(12)14(21)20-11-5-9(6-11)15(22)23/h1-4,9,11-13H,5-7H2,(H,20,21)(H,22,23). The van der Waals surface area contributed by atoms with Gasteiger partial charge in [-0.25, -0.2) is 0 Å². The predicted octanol–water partition coefficient (Wildman–Crippen LogP) is 2.79. The lowest BCUT2D eigenvalue weighted by molar-refractivity contribution is -0.146. The molecule has 2 fully saturated rings. The highest BCUT2D eigenvalue weighted by Gasteiger charge is 2.46. The van der Waals surface area contributed by atoms with E-state index in [4.69, 9.17) is 5.11 Å². The van der Waals surface area contributed by atoms with Crippen molar-refractivity contribution in [3.05, 3.63) is 35.4 Å². The largest absolute Gasteiger partial charge is 0.481 e. The van der Waals surface area contributed by atoms with E-state index in [0.717, 1.165) is 12.1 Å². The summed E-state index contributed by atoms with van der Waals surface area (Å²) in [6.45, 7) is 0. The van der Waals surface area contributed by atoms with E-state index < -0.39 is 23.6 Å². The van der Waals surface area contributed by atoms with Crippen molar-refractivity contribution in [1.29, 1.82) is 0 Å². The lowest BCUT2D eigenvalue weighted by Crippen LogP contribution is -2.47. The zero-order chi connectivity index (χ0) is 16.8. The van der Waals surface area contributed by atoms with Crippen LogP contribution in [-0.2, 0) is 15.8 Å². The topological polar surface area (TPSA) is 66.4 Å². The molecule has 0 aromatic heterocycles. The van der Waals surface area contributed by atoms with Gasteiger partial charge in [0.2, 0.25) is 5.91 Å². The third kappa shape index (κ3) is 3.33. The number of amides is 1. The van der Waals surface area contributed by atoms with Gasteiger partial charge in [0, 0.05) is 12.0 Å². The molecule has 0 radical (unpaired) electrons. The Morgan fingerprint density at radius 3 is 2.48 bits per heavy atom. The Hall–Kier alpha value is -2.05. The molecule has 0 aliphatic heterocycles. The predicted molar refractivity (Wildman–Crippen MR) is 74.6 cm³/mol. The maximum absolute atomic E-state index is 12.7. The first-order valence-corrected chi connectivity index (χ1v) is 7.46. The first kappa shape index (κ1) is 15.8. The van der Waals surface area contributed by atoms with Gasteiger partial charge >= 0.3 is 12.1 Å². The van der Waals surface area contributed by atoms with Crippen molar-refractivity contribution in [2.75, 3.05) is 0 Å². The molecule has 4 nitrogen and oxygen atoms in total. The summed E-state index contributed by atoms with van der Waals surface area (Å²) in [7, 11) is 0. The van der Waals surface area contributed by atoms with Crippen molar-refractivity contribution >= 4 is 11.9 Å².